The Morgan fingerprint density at radius 1 is 1.29 bits per heavy atom. The average Bonchev–Trinajstić information content (AvgIpc) is 3.02. The fourth-order valence-corrected chi connectivity index (χ4v) is 6.02. The molecule has 2 fully saturated rings. The van der Waals surface area contributed by atoms with Gasteiger partial charge in [0.2, 0.25) is 10.0 Å². The first-order valence-corrected chi connectivity index (χ1v) is 11.4. The van der Waals surface area contributed by atoms with Crippen molar-refractivity contribution in [2.24, 2.45) is 5.41 Å². The lowest BCUT2D eigenvalue weighted by molar-refractivity contribution is -0.150. The fourth-order valence-electron chi connectivity index (χ4n) is 4.37. The quantitative estimate of drug-likeness (QED) is 0.552. The third kappa shape index (κ3) is 4.70. The second-order valence-corrected chi connectivity index (χ2v) is 10.0. The average molecular weight is 450 g/mol. The number of nitrogens with zero attached hydrogens (tertiary/aromatic N) is 3. The van der Waals surface area contributed by atoms with Crippen LogP contribution >= 0.6 is 0 Å². The second kappa shape index (κ2) is 9.29. The lowest BCUT2D eigenvalue weighted by atomic mass is 9.76. The maximum Gasteiger partial charge on any atom is 0.312 e. The molecule has 1 spiro atoms. The van der Waals surface area contributed by atoms with Gasteiger partial charge in [0.1, 0.15) is 6.10 Å². The molecular formula is C21H27N3O6S. The van der Waals surface area contributed by atoms with Crippen LogP contribution < -0.4 is 0 Å². The summed E-state index contributed by atoms with van der Waals surface area (Å²) in [6, 6.07) is 6.96. The maximum atomic E-state index is 13.3. The van der Waals surface area contributed by atoms with E-state index in [2.05, 4.69) is 4.98 Å². The first-order valence-electron chi connectivity index (χ1n) is 10.00. The summed E-state index contributed by atoms with van der Waals surface area (Å²) in [5, 5.41) is 8.35. The summed E-state index contributed by atoms with van der Waals surface area (Å²) in [6.07, 6.45) is 4.82. The summed E-state index contributed by atoms with van der Waals surface area (Å²) in [5.74, 6) is -0.173. The number of ether oxygens (including phenoxy) is 1. The predicted octanol–water partition coefficient (Wildman–Crippen LogP) is 1.58. The Morgan fingerprint density at radius 3 is 2.61 bits per heavy atom. The number of sulfonamides is 1. The van der Waals surface area contributed by atoms with E-state index in [1.807, 2.05) is 25.1 Å². The van der Waals surface area contributed by atoms with Crippen LogP contribution in [-0.4, -0.2) is 80.0 Å². The smallest absolute Gasteiger partial charge is 0.312 e. The second-order valence-electron chi connectivity index (χ2n) is 8.14. The zero-order chi connectivity index (χ0) is 22.6. The van der Waals surface area contributed by atoms with Crippen LogP contribution in [0.2, 0.25) is 0 Å². The van der Waals surface area contributed by atoms with Crippen LogP contribution in [0.5, 0.6) is 0 Å². The molecule has 2 saturated heterocycles. The number of benzene rings is 1. The van der Waals surface area contributed by atoms with Gasteiger partial charge in [-0.3, -0.25) is 14.6 Å². The van der Waals surface area contributed by atoms with Gasteiger partial charge in [-0.1, -0.05) is 12.1 Å². The molecule has 168 valence electrons. The predicted molar refractivity (Wildman–Crippen MR) is 114 cm³/mol. The molecule has 2 aromatic rings. The highest BCUT2D eigenvalue weighted by atomic mass is 32.2. The Bertz CT molecular complexity index is 1040. The van der Waals surface area contributed by atoms with Gasteiger partial charge < -0.3 is 14.7 Å². The van der Waals surface area contributed by atoms with Gasteiger partial charge in [-0.15, -0.1) is 0 Å². The molecule has 0 bridgehead atoms. The molecule has 1 atom stereocenters. The van der Waals surface area contributed by atoms with Crippen LogP contribution in [0.15, 0.2) is 41.6 Å². The molecule has 1 N–H and O–H groups in total. The third-order valence-corrected chi connectivity index (χ3v) is 7.79. The van der Waals surface area contributed by atoms with Crippen LogP contribution in [0, 0.1) is 5.41 Å². The highest BCUT2D eigenvalue weighted by molar-refractivity contribution is 7.89. The van der Waals surface area contributed by atoms with Crippen molar-refractivity contribution in [1.82, 2.24) is 14.2 Å². The normalized spacial score (nSPS) is 21.0. The summed E-state index contributed by atoms with van der Waals surface area (Å²) >= 11 is 0. The number of hydrogen-bond acceptors (Lipinski definition) is 7. The number of pyridine rings is 1. The zero-order valence-electron chi connectivity index (χ0n) is 17.6. The summed E-state index contributed by atoms with van der Waals surface area (Å²) in [5.41, 5.74) is -0.546. The molecule has 0 radical (unpaired) electrons. The van der Waals surface area contributed by atoms with Crippen molar-refractivity contribution in [3.63, 3.8) is 0 Å². The monoisotopic (exact) mass is 449 g/mol. The zero-order valence-corrected chi connectivity index (χ0v) is 18.4. The number of esters is 1. The molecule has 0 aliphatic carbocycles. The van der Waals surface area contributed by atoms with E-state index in [0.717, 1.165) is 5.39 Å². The summed E-state index contributed by atoms with van der Waals surface area (Å²) < 4.78 is 33.6. The van der Waals surface area contributed by atoms with Gasteiger partial charge in [0.25, 0.3) is 6.47 Å². The van der Waals surface area contributed by atoms with Crippen molar-refractivity contribution in [2.75, 3.05) is 33.7 Å². The van der Waals surface area contributed by atoms with Crippen molar-refractivity contribution in [1.29, 1.82) is 0 Å². The van der Waals surface area contributed by atoms with E-state index < -0.39 is 15.4 Å². The van der Waals surface area contributed by atoms with E-state index in [1.165, 1.54) is 4.31 Å². The Labute approximate surface area is 181 Å². The summed E-state index contributed by atoms with van der Waals surface area (Å²) in [7, 11) is 0.265. The van der Waals surface area contributed by atoms with Crippen LogP contribution in [0.25, 0.3) is 10.8 Å². The minimum atomic E-state index is -3.64. The van der Waals surface area contributed by atoms with Crippen LogP contribution in [0.3, 0.4) is 0 Å². The Kier molecular flexibility index (Phi) is 6.93. The number of likely N-dealkylation sites (N-methyl/N-ethyl adjacent to an activating group) is 1. The van der Waals surface area contributed by atoms with Crippen LogP contribution in [0.1, 0.15) is 19.3 Å². The van der Waals surface area contributed by atoms with Gasteiger partial charge in [0.05, 0.1) is 10.3 Å². The number of hydrogen-bond donors (Lipinski definition) is 1. The highest BCUT2D eigenvalue weighted by Crippen LogP contribution is 2.44. The van der Waals surface area contributed by atoms with E-state index >= 15 is 0 Å². The fraction of sp³-hybridized carbons (Fsp3) is 0.476. The van der Waals surface area contributed by atoms with Gasteiger partial charge in [-0.25, -0.2) is 8.42 Å². The van der Waals surface area contributed by atoms with Crippen molar-refractivity contribution >= 4 is 33.2 Å². The molecule has 2 aliphatic heterocycles. The Balaban J connectivity index is 0.000000858. The number of carbonyl (C=O) groups excluding carboxylic acids is 1. The van der Waals surface area contributed by atoms with Crippen molar-refractivity contribution in [3.8, 4) is 0 Å². The summed E-state index contributed by atoms with van der Waals surface area (Å²) in [4.78, 5) is 27.3. The number of fused-ring (bicyclic) bond motifs is 1. The molecule has 31 heavy (non-hydrogen) atoms. The molecule has 4 rings (SSSR count). The number of piperidine rings is 1. The minimum Gasteiger partial charge on any atom is -0.483 e. The molecule has 0 saturated carbocycles. The number of cyclic esters (lactones) is 1. The highest BCUT2D eigenvalue weighted by Gasteiger charge is 2.51. The van der Waals surface area contributed by atoms with E-state index in [0.29, 0.717) is 49.2 Å². The number of carboxylic acid groups (broad SMARTS) is 1. The molecule has 3 heterocycles. The number of carbonyl (C=O) groups is 2. The van der Waals surface area contributed by atoms with Crippen LogP contribution in [-0.2, 0) is 24.3 Å². The van der Waals surface area contributed by atoms with Gasteiger partial charge >= 0.3 is 5.97 Å². The molecule has 9 nitrogen and oxygen atoms in total. The molecule has 1 aromatic heterocycles. The molecule has 1 aromatic carbocycles. The van der Waals surface area contributed by atoms with E-state index in [1.54, 1.807) is 30.6 Å². The van der Waals surface area contributed by atoms with E-state index in [-0.39, 0.29) is 18.5 Å². The molecular weight excluding hydrogens is 422 g/mol. The van der Waals surface area contributed by atoms with Crippen molar-refractivity contribution in [3.05, 3.63) is 36.7 Å². The maximum absolute atomic E-state index is 13.3. The Morgan fingerprint density at radius 2 is 1.97 bits per heavy atom. The largest absolute Gasteiger partial charge is 0.483 e. The standard InChI is InChI=1S/C20H25N3O4S.CH2O2/c1-22(2)14-16-12-20(19(24)27-16)7-10-23(11-8-20)28(25,26)18-5-3-4-15-13-21-9-6-17(15)18;2-1-3/h3-6,9,13,16H,7-8,10-12,14H2,1-2H3;1H,(H,2,3). The van der Waals surface area contributed by atoms with Crippen molar-refractivity contribution in [2.45, 2.75) is 30.3 Å². The van der Waals surface area contributed by atoms with Gasteiger partial charge in [-0.05, 0) is 39.1 Å². The lowest BCUT2D eigenvalue weighted by Gasteiger charge is -2.36. The SMILES string of the molecule is CN(C)CC1CC2(CCN(S(=O)(=O)c3cccc4cnccc34)CC2)C(=O)O1.O=CO. The van der Waals surface area contributed by atoms with Crippen LogP contribution in [0.4, 0.5) is 0 Å². The van der Waals surface area contributed by atoms with Gasteiger partial charge in [-0.2, -0.15) is 4.31 Å². The molecule has 2 aliphatic rings. The number of aromatic nitrogens is 1. The minimum absolute atomic E-state index is 0.115. The third-order valence-electron chi connectivity index (χ3n) is 5.83. The first-order chi connectivity index (χ1) is 14.7. The van der Waals surface area contributed by atoms with Crippen molar-refractivity contribution < 1.29 is 27.9 Å². The molecule has 1 unspecified atom stereocenters. The lowest BCUT2D eigenvalue weighted by Crippen LogP contribution is -2.45. The summed E-state index contributed by atoms with van der Waals surface area (Å²) in [6.45, 7) is 1.10. The Hall–Kier alpha value is -2.56. The topological polar surface area (TPSA) is 117 Å². The first kappa shape index (κ1) is 23.1. The van der Waals surface area contributed by atoms with Gasteiger partial charge in [0.15, 0.2) is 0 Å². The van der Waals surface area contributed by atoms with E-state index in [4.69, 9.17) is 14.6 Å². The van der Waals surface area contributed by atoms with Gasteiger partial charge in [0, 0.05) is 49.2 Å². The number of rotatable bonds is 4. The molecule has 0 amide bonds. The molecule has 10 heteroatoms. The van der Waals surface area contributed by atoms with E-state index in [9.17, 15) is 13.2 Å².